The summed E-state index contributed by atoms with van der Waals surface area (Å²) in [7, 11) is 1.73. The number of anilines is 2. The van der Waals surface area contributed by atoms with Crippen LogP contribution in [0.4, 0.5) is 16.2 Å². The van der Waals surface area contributed by atoms with Crippen LogP contribution in [-0.4, -0.2) is 37.2 Å². The van der Waals surface area contributed by atoms with Gasteiger partial charge in [-0.3, -0.25) is 0 Å². The molecule has 0 heterocycles. The molecule has 0 saturated heterocycles. The van der Waals surface area contributed by atoms with Crippen molar-refractivity contribution in [1.82, 2.24) is 4.90 Å². The molecule has 5 nitrogen and oxygen atoms in total. The number of rotatable bonds is 5. The van der Waals surface area contributed by atoms with Crippen molar-refractivity contribution >= 4 is 17.4 Å². The Morgan fingerprint density at radius 2 is 2.22 bits per heavy atom. The van der Waals surface area contributed by atoms with E-state index in [-0.39, 0.29) is 12.1 Å². The maximum Gasteiger partial charge on any atom is 0.321 e. The normalized spacial score (nSPS) is 10.4. The van der Waals surface area contributed by atoms with Crippen molar-refractivity contribution in [2.45, 2.75) is 20.0 Å². The van der Waals surface area contributed by atoms with E-state index in [2.05, 4.69) is 5.32 Å². The summed E-state index contributed by atoms with van der Waals surface area (Å²) in [6.07, 6.45) is 0.176. The number of nitrogen functional groups attached to an aromatic ring is 1. The molecule has 3 N–H and O–H groups in total. The zero-order valence-electron chi connectivity index (χ0n) is 11.1. The number of urea groups is 1. The zero-order chi connectivity index (χ0) is 13.5. The molecule has 5 heteroatoms. The summed E-state index contributed by atoms with van der Waals surface area (Å²) >= 11 is 0. The van der Waals surface area contributed by atoms with Crippen molar-refractivity contribution in [3.05, 3.63) is 24.3 Å². The lowest BCUT2D eigenvalue weighted by Gasteiger charge is -2.18. The molecule has 0 bridgehead atoms. The number of carbonyl (C=O) groups excluding carboxylic acids is 1. The van der Waals surface area contributed by atoms with Crippen molar-refractivity contribution in [3.8, 4) is 0 Å². The first kappa shape index (κ1) is 14.3. The Bertz CT molecular complexity index is 394. The number of hydrogen-bond acceptors (Lipinski definition) is 3. The van der Waals surface area contributed by atoms with Gasteiger partial charge in [0.2, 0.25) is 0 Å². The Hall–Kier alpha value is -1.75. The number of amides is 2. The molecule has 1 aromatic carbocycles. The van der Waals surface area contributed by atoms with Gasteiger partial charge in [0.05, 0.1) is 12.7 Å². The monoisotopic (exact) mass is 251 g/mol. The van der Waals surface area contributed by atoms with Crippen LogP contribution in [0.25, 0.3) is 0 Å². The van der Waals surface area contributed by atoms with Gasteiger partial charge in [-0.2, -0.15) is 0 Å². The van der Waals surface area contributed by atoms with E-state index in [4.69, 9.17) is 10.5 Å². The third-order valence-electron chi connectivity index (χ3n) is 2.36. The first-order chi connectivity index (χ1) is 8.49. The minimum atomic E-state index is -0.173. The summed E-state index contributed by atoms with van der Waals surface area (Å²) in [4.78, 5) is 13.4. The third-order valence-corrected chi connectivity index (χ3v) is 2.36. The van der Waals surface area contributed by atoms with Crippen LogP contribution in [0.15, 0.2) is 24.3 Å². The highest BCUT2D eigenvalue weighted by atomic mass is 16.5. The highest BCUT2D eigenvalue weighted by Gasteiger charge is 2.08. The minimum absolute atomic E-state index is 0.173. The number of ether oxygens (including phenoxy) is 1. The molecule has 0 atom stereocenters. The highest BCUT2D eigenvalue weighted by molar-refractivity contribution is 5.89. The second-order valence-electron chi connectivity index (χ2n) is 4.40. The van der Waals surface area contributed by atoms with Crippen LogP contribution < -0.4 is 11.1 Å². The van der Waals surface area contributed by atoms with Gasteiger partial charge in [0.25, 0.3) is 0 Å². The van der Waals surface area contributed by atoms with E-state index < -0.39 is 0 Å². The average molecular weight is 251 g/mol. The van der Waals surface area contributed by atoms with Crippen LogP contribution in [0.1, 0.15) is 13.8 Å². The third kappa shape index (κ3) is 5.05. The van der Waals surface area contributed by atoms with E-state index >= 15 is 0 Å². The van der Waals surface area contributed by atoms with Gasteiger partial charge in [-0.05, 0) is 32.0 Å². The summed E-state index contributed by atoms with van der Waals surface area (Å²) in [5.41, 5.74) is 6.95. The number of nitrogens with zero attached hydrogens (tertiary/aromatic N) is 1. The number of nitrogens with two attached hydrogens (primary N) is 1. The predicted octanol–water partition coefficient (Wildman–Crippen LogP) is 2.16. The Balaban J connectivity index is 2.40. The van der Waals surface area contributed by atoms with Crippen molar-refractivity contribution < 1.29 is 9.53 Å². The van der Waals surface area contributed by atoms with E-state index in [0.717, 1.165) is 0 Å². The van der Waals surface area contributed by atoms with Crippen molar-refractivity contribution in [1.29, 1.82) is 0 Å². The largest absolute Gasteiger partial charge is 0.399 e. The van der Waals surface area contributed by atoms with E-state index in [1.165, 1.54) is 0 Å². The standard InChI is InChI=1S/C13H21N3O2/c1-10(2)18-8-7-16(3)13(17)15-12-6-4-5-11(14)9-12/h4-6,9-10H,7-8,14H2,1-3H3,(H,15,17). The molecular weight excluding hydrogens is 230 g/mol. The molecular formula is C13H21N3O2. The topological polar surface area (TPSA) is 67.6 Å². The first-order valence-electron chi connectivity index (χ1n) is 5.98. The second-order valence-corrected chi connectivity index (χ2v) is 4.40. The zero-order valence-corrected chi connectivity index (χ0v) is 11.1. The van der Waals surface area contributed by atoms with Gasteiger partial charge in [-0.1, -0.05) is 6.07 Å². The van der Waals surface area contributed by atoms with Crippen LogP contribution in [0.2, 0.25) is 0 Å². The summed E-state index contributed by atoms with van der Waals surface area (Å²) in [6.45, 7) is 5.00. The molecule has 1 aromatic rings. The maximum atomic E-state index is 11.8. The van der Waals surface area contributed by atoms with Crippen LogP contribution >= 0.6 is 0 Å². The molecule has 0 aromatic heterocycles. The number of nitrogens with one attached hydrogen (secondary N) is 1. The fourth-order valence-corrected chi connectivity index (χ4v) is 1.36. The van der Waals surface area contributed by atoms with Gasteiger partial charge in [0, 0.05) is 25.0 Å². The van der Waals surface area contributed by atoms with E-state index in [1.807, 2.05) is 13.8 Å². The Kier molecular flexibility index (Phi) is 5.45. The number of likely N-dealkylation sites (N-methyl/N-ethyl adjacent to an activating group) is 1. The predicted molar refractivity (Wildman–Crippen MR) is 73.6 cm³/mol. The lowest BCUT2D eigenvalue weighted by Crippen LogP contribution is -2.34. The summed E-state index contributed by atoms with van der Waals surface area (Å²) in [5.74, 6) is 0. The molecule has 0 fully saturated rings. The second kappa shape index (κ2) is 6.86. The molecule has 0 saturated carbocycles. The number of carbonyl (C=O) groups is 1. The van der Waals surface area contributed by atoms with Crippen LogP contribution in [0.5, 0.6) is 0 Å². The van der Waals surface area contributed by atoms with E-state index in [0.29, 0.717) is 24.5 Å². The van der Waals surface area contributed by atoms with Crippen LogP contribution in [0.3, 0.4) is 0 Å². The number of benzene rings is 1. The summed E-state index contributed by atoms with van der Waals surface area (Å²) in [5, 5.41) is 2.77. The van der Waals surface area contributed by atoms with E-state index in [9.17, 15) is 4.79 Å². The van der Waals surface area contributed by atoms with Crippen molar-refractivity contribution in [3.63, 3.8) is 0 Å². The fourth-order valence-electron chi connectivity index (χ4n) is 1.36. The number of hydrogen-bond donors (Lipinski definition) is 2. The molecule has 18 heavy (non-hydrogen) atoms. The first-order valence-corrected chi connectivity index (χ1v) is 5.98. The van der Waals surface area contributed by atoms with Gasteiger partial charge in [0.1, 0.15) is 0 Å². The van der Waals surface area contributed by atoms with Gasteiger partial charge >= 0.3 is 6.03 Å². The fraction of sp³-hybridized carbons (Fsp3) is 0.462. The molecule has 0 spiro atoms. The van der Waals surface area contributed by atoms with Gasteiger partial charge in [-0.25, -0.2) is 4.79 Å². The van der Waals surface area contributed by atoms with Crippen molar-refractivity contribution in [2.24, 2.45) is 0 Å². The molecule has 0 radical (unpaired) electrons. The lowest BCUT2D eigenvalue weighted by molar-refractivity contribution is 0.0691. The van der Waals surface area contributed by atoms with Gasteiger partial charge in [-0.15, -0.1) is 0 Å². The smallest absolute Gasteiger partial charge is 0.321 e. The lowest BCUT2D eigenvalue weighted by atomic mass is 10.3. The molecule has 1 rings (SSSR count). The Morgan fingerprint density at radius 1 is 1.50 bits per heavy atom. The van der Waals surface area contributed by atoms with Crippen LogP contribution in [-0.2, 0) is 4.74 Å². The van der Waals surface area contributed by atoms with Crippen molar-refractivity contribution in [2.75, 3.05) is 31.2 Å². The molecule has 100 valence electrons. The molecule has 0 aliphatic heterocycles. The van der Waals surface area contributed by atoms with E-state index in [1.54, 1.807) is 36.2 Å². The minimum Gasteiger partial charge on any atom is -0.399 e. The van der Waals surface area contributed by atoms with Gasteiger partial charge in [0.15, 0.2) is 0 Å². The maximum absolute atomic E-state index is 11.8. The molecule has 0 aliphatic rings. The van der Waals surface area contributed by atoms with Crippen LogP contribution in [0, 0.1) is 0 Å². The highest BCUT2D eigenvalue weighted by Crippen LogP contribution is 2.12. The van der Waals surface area contributed by atoms with Gasteiger partial charge < -0.3 is 20.7 Å². The summed E-state index contributed by atoms with van der Waals surface area (Å²) < 4.78 is 5.39. The SMILES string of the molecule is CC(C)OCCN(C)C(=O)Nc1cccc(N)c1. The Labute approximate surface area is 108 Å². The quantitative estimate of drug-likeness (QED) is 0.788. The molecule has 0 unspecified atom stereocenters. The summed E-state index contributed by atoms with van der Waals surface area (Å²) in [6, 6.07) is 6.92. The Morgan fingerprint density at radius 3 is 2.83 bits per heavy atom. The molecule has 0 aliphatic carbocycles. The average Bonchev–Trinajstić information content (AvgIpc) is 2.28. The molecule has 2 amide bonds.